The molecule has 0 saturated carbocycles. The fourth-order valence-electron chi connectivity index (χ4n) is 2.09. The summed E-state index contributed by atoms with van der Waals surface area (Å²) in [5, 5.41) is 0. The van der Waals surface area contributed by atoms with Crippen LogP contribution in [0.3, 0.4) is 0 Å². The van der Waals surface area contributed by atoms with Crippen LogP contribution in [-0.2, 0) is 25.5 Å². The first kappa shape index (κ1) is 19.1. The summed E-state index contributed by atoms with van der Waals surface area (Å²) in [4.78, 5) is 23.3. The largest absolute Gasteiger partial charge is 0.435 e. The van der Waals surface area contributed by atoms with Gasteiger partial charge in [0.25, 0.3) is 0 Å². The number of carbonyl (C=O) groups is 2. The molecule has 0 radical (unpaired) electrons. The van der Waals surface area contributed by atoms with E-state index in [1.165, 1.54) is 5.56 Å². The molecule has 4 nitrogen and oxygen atoms in total. The zero-order chi connectivity index (χ0) is 17.4. The number of ether oxygens (including phenoxy) is 2. The Hall–Kier alpha value is -1.94. The van der Waals surface area contributed by atoms with Crippen molar-refractivity contribution in [2.75, 3.05) is 13.4 Å². The lowest BCUT2D eigenvalue weighted by Gasteiger charge is -2.13. The van der Waals surface area contributed by atoms with Gasteiger partial charge < -0.3 is 9.47 Å². The minimum atomic E-state index is -0.522. The second kappa shape index (κ2) is 9.26. The first-order valence-corrected chi connectivity index (χ1v) is 7.83. The van der Waals surface area contributed by atoms with Gasteiger partial charge in [0.2, 0.25) is 0 Å². The summed E-state index contributed by atoms with van der Waals surface area (Å²) in [6, 6.07) is 8.10. The van der Waals surface area contributed by atoms with Crippen LogP contribution in [0.15, 0.2) is 36.4 Å². The number of carbonyl (C=O) groups excluding carboxylic acids is 2. The number of esters is 1. The first-order valence-electron chi connectivity index (χ1n) is 7.83. The van der Waals surface area contributed by atoms with Crippen molar-refractivity contribution in [1.29, 1.82) is 0 Å². The van der Waals surface area contributed by atoms with Gasteiger partial charge in [-0.15, -0.1) is 0 Å². The monoisotopic (exact) mass is 318 g/mol. The lowest BCUT2D eigenvalue weighted by Crippen LogP contribution is -2.18. The van der Waals surface area contributed by atoms with Crippen molar-refractivity contribution in [1.82, 2.24) is 0 Å². The molecule has 0 amide bonds. The van der Waals surface area contributed by atoms with Crippen molar-refractivity contribution in [2.45, 2.75) is 40.0 Å². The Labute approximate surface area is 138 Å². The molecule has 0 aliphatic rings. The van der Waals surface area contributed by atoms with Gasteiger partial charge in [0.1, 0.15) is 6.61 Å². The third-order valence-electron chi connectivity index (χ3n) is 3.47. The molecule has 0 N–H and O–H groups in total. The molecule has 0 fully saturated rings. The van der Waals surface area contributed by atoms with Gasteiger partial charge in [-0.3, -0.25) is 4.79 Å². The number of hydrogen-bond acceptors (Lipinski definition) is 4. The number of ketones is 1. The van der Waals surface area contributed by atoms with Crippen molar-refractivity contribution in [2.24, 2.45) is 5.92 Å². The van der Waals surface area contributed by atoms with Gasteiger partial charge in [0, 0.05) is 11.5 Å². The molecule has 4 heteroatoms. The van der Waals surface area contributed by atoms with Crippen molar-refractivity contribution in [3.05, 3.63) is 47.5 Å². The number of benzene rings is 1. The number of Topliss-reactive ketones (excluding diaryl/α,β-unsaturated/α-hetero) is 1. The second-order valence-electron chi connectivity index (χ2n) is 6.21. The van der Waals surface area contributed by atoms with E-state index in [0.29, 0.717) is 11.5 Å². The van der Waals surface area contributed by atoms with E-state index in [2.05, 4.69) is 32.6 Å². The van der Waals surface area contributed by atoms with E-state index in [9.17, 15) is 9.59 Å². The molecule has 1 aromatic carbocycles. The van der Waals surface area contributed by atoms with Crippen LogP contribution in [0.4, 0.5) is 0 Å². The van der Waals surface area contributed by atoms with Crippen LogP contribution in [0.2, 0.25) is 0 Å². The summed E-state index contributed by atoms with van der Waals surface area (Å²) in [5.74, 6) is -0.214. The maximum Gasteiger partial charge on any atom is 0.335 e. The fraction of sp³-hybridized carbons (Fsp3) is 0.474. The number of hydrogen-bond donors (Lipinski definition) is 0. The van der Waals surface area contributed by atoms with E-state index in [4.69, 9.17) is 9.47 Å². The van der Waals surface area contributed by atoms with E-state index >= 15 is 0 Å². The predicted molar refractivity (Wildman–Crippen MR) is 90.1 cm³/mol. The molecule has 0 saturated heterocycles. The molecule has 1 atom stereocenters. The lowest BCUT2D eigenvalue weighted by molar-refractivity contribution is -0.154. The summed E-state index contributed by atoms with van der Waals surface area (Å²) in [7, 11) is 0. The Morgan fingerprint density at radius 3 is 2.26 bits per heavy atom. The Morgan fingerprint density at radius 2 is 1.74 bits per heavy atom. The minimum absolute atomic E-state index is 0.0482. The standard InChI is InChI=1S/C19H26O4/c1-13(2)10-16-6-8-17(9-7-16)15(5)18(20)11-22-12-23-19(21)14(3)4/h6-9,13,15H,3,10-12H2,1-2,4-5H3. The molecule has 126 valence electrons. The van der Waals surface area contributed by atoms with Crippen LogP contribution in [0.25, 0.3) is 0 Å². The average Bonchev–Trinajstić information content (AvgIpc) is 2.50. The second-order valence-corrected chi connectivity index (χ2v) is 6.21. The topological polar surface area (TPSA) is 52.6 Å². The Bertz CT molecular complexity index is 543. The summed E-state index contributed by atoms with van der Waals surface area (Å²) in [6.07, 6.45) is 1.03. The predicted octanol–water partition coefficient (Wildman–Crippen LogP) is 3.65. The van der Waals surface area contributed by atoms with Gasteiger partial charge in [0.05, 0.1) is 0 Å². The molecule has 1 unspecified atom stereocenters. The van der Waals surface area contributed by atoms with Crippen LogP contribution >= 0.6 is 0 Å². The van der Waals surface area contributed by atoms with Gasteiger partial charge in [-0.25, -0.2) is 4.79 Å². The number of rotatable bonds is 9. The van der Waals surface area contributed by atoms with E-state index in [-0.39, 0.29) is 25.1 Å². The summed E-state index contributed by atoms with van der Waals surface area (Å²) >= 11 is 0. The third-order valence-corrected chi connectivity index (χ3v) is 3.47. The minimum Gasteiger partial charge on any atom is -0.435 e. The van der Waals surface area contributed by atoms with E-state index in [1.807, 2.05) is 19.1 Å². The Balaban J connectivity index is 2.44. The third kappa shape index (κ3) is 6.78. The van der Waals surface area contributed by atoms with Crippen molar-refractivity contribution in [3.8, 4) is 0 Å². The lowest BCUT2D eigenvalue weighted by atomic mass is 9.94. The van der Waals surface area contributed by atoms with Gasteiger partial charge in [-0.05, 0) is 30.4 Å². The van der Waals surface area contributed by atoms with Crippen LogP contribution in [0.5, 0.6) is 0 Å². The van der Waals surface area contributed by atoms with Gasteiger partial charge in [-0.2, -0.15) is 0 Å². The van der Waals surface area contributed by atoms with Gasteiger partial charge in [0.15, 0.2) is 12.6 Å². The smallest absolute Gasteiger partial charge is 0.335 e. The molecule has 1 rings (SSSR count). The molecule has 0 aliphatic carbocycles. The highest BCUT2D eigenvalue weighted by Crippen LogP contribution is 2.18. The van der Waals surface area contributed by atoms with Crippen molar-refractivity contribution in [3.63, 3.8) is 0 Å². The highest BCUT2D eigenvalue weighted by atomic mass is 16.7. The molecule has 0 aliphatic heterocycles. The SMILES string of the molecule is C=C(C)C(=O)OCOCC(=O)C(C)c1ccc(CC(C)C)cc1. The Morgan fingerprint density at radius 1 is 1.13 bits per heavy atom. The molecule has 23 heavy (non-hydrogen) atoms. The van der Waals surface area contributed by atoms with Crippen molar-refractivity contribution >= 4 is 11.8 Å². The highest BCUT2D eigenvalue weighted by molar-refractivity contribution is 5.87. The summed E-state index contributed by atoms with van der Waals surface area (Å²) in [6.45, 7) is 10.9. The van der Waals surface area contributed by atoms with Crippen LogP contribution in [0, 0.1) is 5.92 Å². The highest BCUT2D eigenvalue weighted by Gasteiger charge is 2.15. The zero-order valence-electron chi connectivity index (χ0n) is 14.4. The van der Waals surface area contributed by atoms with Crippen LogP contribution < -0.4 is 0 Å². The van der Waals surface area contributed by atoms with Crippen LogP contribution in [0.1, 0.15) is 44.7 Å². The molecule has 0 heterocycles. The van der Waals surface area contributed by atoms with Crippen LogP contribution in [-0.4, -0.2) is 25.2 Å². The first-order chi connectivity index (χ1) is 10.8. The molecule has 0 bridgehead atoms. The normalized spacial score (nSPS) is 12.0. The van der Waals surface area contributed by atoms with E-state index < -0.39 is 5.97 Å². The molecule has 0 aromatic heterocycles. The van der Waals surface area contributed by atoms with Crippen molar-refractivity contribution < 1.29 is 19.1 Å². The van der Waals surface area contributed by atoms with Gasteiger partial charge >= 0.3 is 5.97 Å². The van der Waals surface area contributed by atoms with E-state index in [1.54, 1.807) is 6.92 Å². The fourth-order valence-corrected chi connectivity index (χ4v) is 2.09. The maximum atomic E-state index is 12.1. The average molecular weight is 318 g/mol. The molecule has 1 aromatic rings. The quantitative estimate of drug-likeness (QED) is 0.302. The summed E-state index contributed by atoms with van der Waals surface area (Å²) < 4.78 is 9.88. The van der Waals surface area contributed by atoms with Gasteiger partial charge in [-0.1, -0.05) is 51.6 Å². The van der Waals surface area contributed by atoms with E-state index in [0.717, 1.165) is 12.0 Å². The Kier molecular flexibility index (Phi) is 7.69. The maximum absolute atomic E-state index is 12.1. The summed E-state index contributed by atoms with van der Waals surface area (Å²) in [5.41, 5.74) is 2.53. The molecular weight excluding hydrogens is 292 g/mol. The molecular formula is C19H26O4. The zero-order valence-corrected chi connectivity index (χ0v) is 14.4. The molecule has 0 spiro atoms.